The summed E-state index contributed by atoms with van der Waals surface area (Å²) < 4.78 is 6.32. The van der Waals surface area contributed by atoms with Gasteiger partial charge >= 0.3 is 0 Å². The van der Waals surface area contributed by atoms with E-state index in [1.807, 2.05) is 24.3 Å². The van der Waals surface area contributed by atoms with Crippen LogP contribution in [0.4, 0.5) is 5.69 Å². The lowest BCUT2D eigenvalue weighted by atomic mass is 10.0. The average Bonchev–Trinajstić information content (AvgIpc) is 2.87. The van der Waals surface area contributed by atoms with Crippen LogP contribution >= 0.6 is 27.5 Å². The number of carbonyl (C=O) groups is 1. The van der Waals surface area contributed by atoms with Crippen molar-refractivity contribution in [3.05, 3.63) is 57.5 Å². The van der Waals surface area contributed by atoms with Crippen molar-refractivity contribution in [2.45, 2.75) is 5.92 Å². The third-order valence-corrected chi connectivity index (χ3v) is 4.13. The zero-order valence-corrected chi connectivity index (χ0v) is 12.7. The molecule has 20 heavy (non-hydrogen) atoms. The highest BCUT2D eigenvalue weighted by atomic mass is 79.9. The zero-order chi connectivity index (χ0) is 14.1. The Morgan fingerprint density at radius 1 is 1.30 bits per heavy atom. The van der Waals surface area contributed by atoms with Crippen molar-refractivity contribution in [3.8, 4) is 5.75 Å². The molecule has 0 spiro atoms. The van der Waals surface area contributed by atoms with Crippen LogP contribution in [0.2, 0.25) is 5.02 Å². The highest BCUT2D eigenvalue weighted by Crippen LogP contribution is 2.35. The molecule has 0 saturated carbocycles. The van der Waals surface area contributed by atoms with Gasteiger partial charge in [-0.2, -0.15) is 0 Å². The Hall–Kier alpha value is -1.52. The number of amides is 1. The number of anilines is 1. The number of fused-ring (bicyclic) bond motifs is 1. The van der Waals surface area contributed by atoms with E-state index >= 15 is 0 Å². The van der Waals surface area contributed by atoms with Crippen molar-refractivity contribution >= 4 is 39.1 Å². The lowest BCUT2D eigenvalue weighted by Gasteiger charge is -2.12. The van der Waals surface area contributed by atoms with Crippen molar-refractivity contribution in [2.75, 3.05) is 11.9 Å². The number of nitrogens with one attached hydrogen (secondary N) is 1. The van der Waals surface area contributed by atoms with E-state index in [0.717, 1.165) is 15.8 Å². The molecular weight excluding hydrogens is 342 g/mol. The predicted molar refractivity (Wildman–Crippen MR) is 82.5 cm³/mol. The summed E-state index contributed by atoms with van der Waals surface area (Å²) in [5.74, 6) is 0.382. The highest BCUT2D eigenvalue weighted by Gasteiger charge is 2.30. The van der Waals surface area contributed by atoms with Crippen LogP contribution in [0.3, 0.4) is 0 Å². The van der Waals surface area contributed by atoms with Crippen LogP contribution in [-0.4, -0.2) is 12.5 Å². The number of carbonyl (C=O) groups excluding carboxylic acids is 1. The van der Waals surface area contributed by atoms with Crippen molar-refractivity contribution < 1.29 is 9.53 Å². The molecule has 5 heteroatoms. The van der Waals surface area contributed by atoms with Gasteiger partial charge < -0.3 is 10.1 Å². The van der Waals surface area contributed by atoms with Crippen molar-refractivity contribution in [2.24, 2.45) is 0 Å². The molecule has 0 aliphatic carbocycles. The van der Waals surface area contributed by atoms with E-state index in [0.29, 0.717) is 17.3 Å². The van der Waals surface area contributed by atoms with Crippen LogP contribution in [0.5, 0.6) is 5.75 Å². The van der Waals surface area contributed by atoms with E-state index in [-0.39, 0.29) is 11.8 Å². The molecule has 1 atom stereocenters. The molecule has 1 aliphatic heterocycles. The topological polar surface area (TPSA) is 38.3 Å². The molecule has 0 bridgehead atoms. The van der Waals surface area contributed by atoms with Gasteiger partial charge in [-0.1, -0.05) is 29.8 Å². The van der Waals surface area contributed by atoms with E-state index in [1.54, 1.807) is 18.2 Å². The number of hydrogen-bond acceptors (Lipinski definition) is 2. The molecule has 1 amide bonds. The minimum absolute atomic E-state index is 0.0992. The van der Waals surface area contributed by atoms with Crippen molar-refractivity contribution in [1.82, 2.24) is 0 Å². The molecule has 0 saturated heterocycles. The highest BCUT2D eigenvalue weighted by molar-refractivity contribution is 9.10. The molecule has 1 N–H and O–H groups in total. The van der Waals surface area contributed by atoms with Crippen LogP contribution in [0, 0.1) is 0 Å². The third-order valence-electron chi connectivity index (χ3n) is 3.20. The fourth-order valence-electron chi connectivity index (χ4n) is 2.19. The van der Waals surface area contributed by atoms with Gasteiger partial charge in [-0.05, 0) is 40.2 Å². The predicted octanol–water partition coefficient (Wildman–Crippen LogP) is 4.22. The van der Waals surface area contributed by atoms with Crippen molar-refractivity contribution in [3.63, 3.8) is 0 Å². The van der Waals surface area contributed by atoms with Gasteiger partial charge in [0.25, 0.3) is 0 Å². The SMILES string of the molecule is O=C(Nc1cc(Cl)ccc1Br)C1COc2ccccc21. The second kappa shape index (κ2) is 5.46. The van der Waals surface area contributed by atoms with Crippen LogP contribution in [0.25, 0.3) is 0 Å². The van der Waals surface area contributed by atoms with E-state index < -0.39 is 0 Å². The van der Waals surface area contributed by atoms with E-state index in [1.165, 1.54) is 0 Å². The Kier molecular flexibility index (Phi) is 3.68. The smallest absolute Gasteiger partial charge is 0.235 e. The summed E-state index contributed by atoms with van der Waals surface area (Å²) in [5.41, 5.74) is 1.58. The summed E-state index contributed by atoms with van der Waals surface area (Å²) in [6.45, 7) is 0.364. The minimum Gasteiger partial charge on any atom is -0.492 e. The van der Waals surface area contributed by atoms with Crippen molar-refractivity contribution in [1.29, 1.82) is 0 Å². The van der Waals surface area contributed by atoms with Crippen LogP contribution < -0.4 is 10.1 Å². The Morgan fingerprint density at radius 2 is 2.10 bits per heavy atom. The largest absolute Gasteiger partial charge is 0.492 e. The van der Waals surface area contributed by atoms with E-state index in [9.17, 15) is 4.79 Å². The molecule has 0 fully saturated rings. The molecule has 1 aliphatic rings. The zero-order valence-electron chi connectivity index (χ0n) is 10.4. The number of rotatable bonds is 2. The molecular formula is C15H11BrClNO2. The number of para-hydroxylation sites is 1. The maximum Gasteiger partial charge on any atom is 0.235 e. The summed E-state index contributed by atoms with van der Waals surface area (Å²) in [7, 11) is 0. The summed E-state index contributed by atoms with van der Waals surface area (Å²) in [6.07, 6.45) is 0. The second-order valence-electron chi connectivity index (χ2n) is 4.51. The monoisotopic (exact) mass is 351 g/mol. The number of ether oxygens (including phenoxy) is 1. The molecule has 2 aromatic carbocycles. The third kappa shape index (κ3) is 2.53. The van der Waals surface area contributed by atoms with Gasteiger partial charge in [0.2, 0.25) is 5.91 Å². The summed E-state index contributed by atoms with van der Waals surface area (Å²) in [5, 5.41) is 3.46. The molecule has 3 nitrogen and oxygen atoms in total. The lowest BCUT2D eigenvalue weighted by Crippen LogP contribution is -2.22. The van der Waals surface area contributed by atoms with Gasteiger partial charge in [0.15, 0.2) is 0 Å². The van der Waals surface area contributed by atoms with Gasteiger partial charge in [-0.3, -0.25) is 4.79 Å². The fraction of sp³-hybridized carbons (Fsp3) is 0.133. The van der Waals surface area contributed by atoms with Gasteiger partial charge in [0.05, 0.1) is 5.69 Å². The maximum atomic E-state index is 12.4. The standard InChI is InChI=1S/C15H11BrClNO2/c16-12-6-5-9(17)7-13(12)18-15(19)11-8-20-14-4-2-1-3-10(11)14/h1-7,11H,8H2,(H,18,19). The van der Waals surface area contributed by atoms with Gasteiger partial charge in [0, 0.05) is 15.1 Å². The molecule has 2 aromatic rings. The van der Waals surface area contributed by atoms with Gasteiger partial charge in [-0.25, -0.2) is 0 Å². The number of halogens is 2. The molecule has 3 rings (SSSR count). The summed E-state index contributed by atoms with van der Waals surface area (Å²) >= 11 is 9.34. The Balaban J connectivity index is 1.83. The Bertz CT molecular complexity index is 675. The molecule has 102 valence electrons. The first-order chi connectivity index (χ1) is 9.65. The van der Waals surface area contributed by atoms with Crippen LogP contribution in [0.1, 0.15) is 11.5 Å². The number of benzene rings is 2. The minimum atomic E-state index is -0.294. The first-order valence-corrected chi connectivity index (χ1v) is 7.30. The maximum absolute atomic E-state index is 12.4. The Labute approximate surface area is 130 Å². The first-order valence-electron chi connectivity index (χ1n) is 6.13. The van der Waals surface area contributed by atoms with Gasteiger partial charge in [-0.15, -0.1) is 0 Å². The second-order valence-corrected chi connectivity index (χ2v) is 5.81. The average molecular weight is 353 g/mol. The first kappa shape index (κ1) is 13.5. The summed E-state index contributed by atoms with van der Waals surface area (Å²) in [4.78, 5) is 12.4. The molecule has 0 radical (unpaired) electrons. The van der Waals surface area contributed by atoms with Crippen LogP contribution in [-0.2, 0) is 4.79 Å². The Morgan fingerprint density at radius 3 is 2.95 bits per heavy atom. The quantitative estimate of drug-likeness (QED) is 0.879. The molecule has 1 unspecified atom stereocenters. The molecule has 1 heterocycles. The van der Waals surface area contributed by atoms with Gasteiger partial charge in [0.1, 0.15) is 18.3 Å². The van der Waals surface area contributed by atoms with E-state index in [2.05, 4.69) is 21.2 Å². The van der Waals surface area contributed by atoms with Crippen LogP contribution in [0.15, 0.2) is 46.9 Å². The molecule has 0 aromatic heterocycles. The summed E-state index contributed by atoms with van der Waals surface area (Å²) in [6, 6.07) is 12.9. The van der Waals surface area contributed by atoms with E-state index in [4.69, 9.17) is 16.3 Å². The lowest BCUT2D eigenvalue weighted by molar-refractivity contribution is -0.117. The number of hydrogen-bond donors (Lipinski definition) is 1. The normalized spacial score (nSPS) is 16.4. The fourth-order valence-corrected chi connectivity index (χ4v) is 2.71.